The van der Waals surface area contributed by atoms with Crippen molar-refractivity contribution in [1.82, 2.24) is 9.97 Å². The highest BCUT2D eigenvalue weighted by Gasteiger charge is 2.00. The molecule has 1 heterocycles. The van der Waals surface area contributed by atoms with E-state index in [1.54, 1.807) is 18.3 Å². The lowest BCUT2D eigenvalue weighted by molar-refractivity contribution is 0.445. The Labute approximate surface area is 80.6 Å². The quantitative estimate of drug-likeness (QED) is 0.794. The topological polar surface area (TPSA) is 37.9 Å². The molecule has 72 valence electrons. The van der Waals surface area contributed by atoms with E-state index in [0.717, 1.165) is 5.69 Å². The highest BCUT2D eigenvalue weighted by Crippen LogP contribution is 2.17. The average molecular weight is 192 g/mol. The zero-order valence-corrected chi connectivity index (χ0v) is 7.62. The third-order valence-corrected chi connectivity index (χ3v) is 1.71. The predicted octanol–water partition coefficient (Wildman–Crippen LogP) is 2.65. The number of aromatic nitrogens is 2. The summed E-state index contributed by atoms with van der Waals surface area (Å²) in [6.45, 7) is 1.88. The van der Waals surface area contributed by atoms with E-state index >= 15 is 0 Å². The van der Waals surface area contributed by atoms with Gasteiger partial charge in [0.1, 0.15) is 11.6 Å². The van der Waals surface area contributed by atoms with Crippen molar-refractivity contribution >= 4 is 0 Å². The Kier molecular flexibility index (Phi) is 2.18. The first-order valence-electron chi connectivity index (χ1n) is 4.19. The number of ether oxygens (including phenoxy) is 1. The van der Waals surface area contributed by atoms with E-state index < -0.39 is 0 Å². The Morgan fingerprint density at radius 1 is 1.29 bits per heavy atom. The minimum Gasteiger partial charge on any atom is -0.426 e. The van der Waals surface area contributed by atoms with Crippen LogP contribution >= 0.6 is 0 Å². The summed E-state index contributed by atoms with van der Waals surface area (Å²) in [5.74, 6) is 0.272. The van der Waals surface area contributed by atoms with Crippen molar-refractivity contribution in [2.24, 2.45) is 0 Å². The van der Waals surface area contributed by atoms with Crippen LogP contribution in [-0.2, 0) is 0 Å². The predicted molar refractivity (Wildman–Crippen MR) is 49.8 cm³/mol. The zero-order valence-electron chi connectivity index (χ0n) is 7.62. The third-order valence-electron chi connectivity index (χ3n) is 1.71. The Bertz CT molecular complexity index is 422. The second-order valence-electron chi connectivity index (χ2n) is 2.93. The van der Waals surface area contributed by atoms with E-state index in [4.69, 9.17) is 4.74 Å². The molecule has 0 bridgehead atoms. The second kappa shape index (κ2) is 3.49. The molecule has 0 aliphatic heterocycles. The molecule has 2 rings (SSSR count). The van der Waals surface area contributed by atoms with Crippen LogP contribution in [-0.4, -0.2) is 9.97 Å². The number of halogens is 1. The number of hydrogen-bond donors (Lipinski definition) is 1. The van der Waals surface area contributed by atoms with Crippen molar-refractivity contribution in [3.8, 4) is 11.8 Å². The molecule has 4 heteroatoms. The first kappa shape index (κ1) is 8.74. The van der Waals surface area contributed by atoms with Gasteiger partial charge < -0.3 is 9.72 Å². The maximum absolute atomic E-state index is 12.6. The molecule has 14 heavy (non-hydrogen) atoms. The Morgan fingerprint density at radius 3 is 2.57 bits per heavy atom. The number of H-pyrrole nitrogens is 1. The summed E-state index contributed by atoms with van der Waals surface area (Å²) in [4.78, 5) is 6.87. The van der Waals surface area contributed by atoms with Crippen molar-refractivity contribution in [3.05, 3.63) is 42.0 Å². The normalized spacial score (nSPS) is 10.1. The molecule has 2 aromatic rings. The molecule has 0 saturated heterocycles. The van der Waals surface area contributed by atoms with Crippen LogP contribution in [0.4, 0.5) is 4.39 Å². The molecule has 0 saturated carbocycles. The first-order valence-corrected chi connectivity index (χ1v) is 4.19. The fraction of sp³-hybridized carbons (Fsp3) is 0.100. The Hall–Kier alpha value is -1.84. The minimum absolute atomic E-state index is 0.284. The maximum atomic E-state index is 12.6. The first-order chi connectivity index (χ1) is 6.74. The number of nitrogens with zero attached hydrogens (tertiary/aromatic N) is 1. The third kappa shape index (κ3) is 1.90. The molecule has 0 fully saturated rings. The molecule has 0 aliphatic rings. The zero-order chi connectivity index (χ0) is 9.97. The van der Waals surface area contributed by atoms with Gasteiger partial charge >= 0.3 is 0 Å². The van der Waals surface area contributed by atoms with Gasteiger partial charge in [-0.3, -0.25) is 0 Å². The molecule has 0 radical (unpaired) electrons. The van der Waals surface area contributed by atoms with E-state index in [9.17, 15) is 4.39 Å². The molecule has 1 N–H and O–H groups in total. The molecule has 3 nitrogen and oxygen atoms in total. The van der Waals surface area contributed by atoms with Gasteiger partial charge in [0.25, 0.3) is 6.01 Å². The van der Waals surface area contributed by atoms with Crippen molar-refractivity contribution in [2.75, 3.05) is 0 Å². The van der Waals surface area contributed by atoms with E-state index in [1.165, 1.54) is 12.1 Å². The maximum Gasteiger partial charge on any atom is 0.299 e. The molecule has 0 spiro atoms. The van der Waals surface area contributed by atoms with E-state index in [1.807, 2.05) is 6.92 Å². The molecule has 0 atom stereocenters. The number of imidazole rings is 1. The van der Waals surface area contributed by atoms with Crippen LogP contribution < -0.4 is 4.74 Å². The van der Waals surface area contributed by atoms with E-state index in [0.29, 0.717) is 11.8 Å². The summed E-state index contributed by atoms with van der Waals surface area (Å²) < 4.78 is 17.9. The van der Waals surface area contributed by atoms with Gasteiger partial charge in [0.15, 0.2) is 0 Å². The van der Waals surface area contributed by atoms with E-state index in [-0.39, 0.29) is 5.82 Å². The lowest BCUT2D eigenvalue weighted by atomic mass is 10.3. The molecular weight excluding hydrogens is 183 g/mol. The van der Waals surface area contributed by atoms with Gasteiger partial charge in [-0.1, -0.05) is 0 Å². The van der Waals surface area contributed by atoms with Gasteiger partial charge in [0, 0.05) is 5.69 Å². The van der Waals surface area contributed by atoms with Gasteiger partial charge in [-0.05, 0) is 31.2 Å². The van der Waals surface area contributed by atoms with Crippen LogP contribution in [0.5, 0.6) is 11.8 Å². The monoisotopic (exact) mass is 192 g/mol. The minimum atomic E-state index is -0.284. The van der Waals surface area contributed by atoms with E-state index in [2.05, 4.69) is 9.97 Å². The molecule has 0 unspecified atom stereocenters. The van der Waals surface area contributed by atoms with Crippen LogP contribution in [0.3, 0.4) is 0 Å². The SMILES string of the molecule is Cc1cnc(Oc2ccc(F)cc2)[nH]1. The second-order valence-corrected chi connectivity index (χ2v) is 2.93. The summed E-state index contributed by atoms with van der Waals surface area (Å²) in [6, 6.07) is 6.19. The van der Waals surface area contributed by atoms with Gasteiger partial charge in [-0.25, -0.2) is 9.37 Å². The van der Waals surface area contributed by atoms with Crippen molar-refractivity contribution in [2.45, 2.75) is 6.92 Å². The lowest BCUT2D eigenvalue weighted by Crippen LogP contribution is -1.86. The highest BCUT2D eigenvalue weighted by molar-refractivity contribution is 5.25. The number of rotatable bonds is 2. The summed E-state index contributed by atoms with van der Waals surface area (Å²) in [5, 5.41) is 0. The van der Waals surface area contributed by atoms with Crippen LogP contribution in [0.25, 0.3) is 0 Å². The fourth-order valence-corrected chi connectivity index (χ4v) is 1.05. The molecule has 1 aromatic carbocycles. The Balaban J connectivity index is 2.15. The van der Waals surface area contributed by atoms with Gasteiger partial charge in [-0.2, -0.15) is 0 Å². The molecule has 0 aliphatic carbocycles. The lowest BCUT2D eigenvalue weighted by Gasteiger charge is -2.00. The highest BCUT2D eigenvalue weighted by atomic mass is 19.1. The molecular formula is C10H9FN2O. The number of hydrogen-bond acceptors (Lipinski definition) is 2. The van der Waals surface area contributed by atoms with Gasteiger partial charge in [0.2, 0.25) is 0 Å². The van der Waals surface area contributed by atoms with Crippen LogP contribution in [0.2, 0.25) is 0 Å². The fourth-order valence-electron chi connectivity index (χ4n) is 1.05. The average Bonchev–Trinajstić information content (AvgIpc) is 2.56. The standard InChI is InChI=1S/C10H9FN2O/c1-7-6-12-10(13-7)14-9-4-2-8(11)3-5-9/h2-6H,1H3,(H,12,13). The van der Waals surface area contributed by atoms with Crippen LogP contribution in [0, 0.1) is 12.7 Å². The Morgan fingerprint density at radius 2 is 2.00 bits per heavy atom. The number of benzene rings is 1. The van der Waals surface area contributed by atoms with Crippen molar-refractivity contribution < 1.29 is 9.13 Å². The van der Waals surface area contributed by atoms with Gasteiger partial charge in [0.05, 0.1) is 6.20 Å². The van der Waals surface area contributed by atoms with Crippen LogP contribution in [0.1, 0.15) is 5.69 Å². The number of nitrogens with one attached hydrogen (secondary N) is 1. The summed E-state index contributed by atoms with van der Waals surface area (Å²) in [6.07, 6.45) is 1.67. The molecule has 1 aromatic heterocycles. The van der Waals surface area contributed by atoms with Crippen LogP contribution in [0.15, 0.2) is 30.5 Å². The van der Waals surface area contributed by atoms with Crippen molar-refractivity contribution in [1.29, 1.82) is 0 Å². The largest absolute Gasteiger partial charge is 0.426 e. The van der Waals surface area contributed by atoms with Gasteiger partial charge in [-0.15, -0.1) is 0 Å². The van der Waals surface area contributed by atoms with Crippen molar-refractivity contribution in [3.63, 3.8) is 0 Å². The number of aromatic amines is 1. The summed E-state index contributed by atoms with van der Waals surface area (Å²) in [5.41, 5.74) is 0.919. The number of aryl methyl sites for hydroxylation is 1. The summed E-state index contributed by atoms with van der Waals surface area (Å²) >= 11 is 0. The molecule has 0 amide bonds. The summed E-state index contributed by atoms with van der Waals surface area (Å²) in [7, 11) is 0. The smallest absolute Gasteiger partial charge is 0.299 e.